The molecule has 0 saturated carbocycles. The van der Waals surface area contributed by atoms with Gasteiger partial charge in [-0.3, -0.25) is 4.79 Å². The van der Waals surface area contributed by atoms with Crippen molar-refractivity contribution in [3.8, 4) is 0 Å². The van der Waals surface area contributed by atoms with Crippen molar-refractivity contribution in [1.82, 2.24) is 0 Å². The summed E-state index contributed by atoms with van der Waals surface area (Å²) in [5.41, 5.74) is 4.69. The van der Waals surface area contributed by atoms with Crippen LogP contribution in [0.15, 0.2) is 12.1 Å². The minimum absolute atomic E-state index is 0.111. The molecule has 1 amide bonds. The van der Waals surface area contributed by atoms with E-state index < -0.39 is 0 Å². The number of fused-ring (bicyclic) bond motifs is 1. The average molecular weight is 316 g/mol. The van der Waals surface area contributed by atoms with Crippen LogP contribution < -0.4 is 10.2 Å². The molecule has 1 aromatic rings. The van der Waals surface area contributed by atoms with Crippen LogP contribution in [0.2, 0.25) is 0 Å². The summed E-state index contributed by atoms with van der Waals surface area (Å²) in [5, 5.41) is 3.46. The van der Waals surface area contributed by atoms with E-state index in [1.54, 1.807) is 0 Å². The van der Waals surface area contributed by atoms with E-state index in [0.717, 1.165) is 24.3 Å². The molecule has 0 aromatic heterocycles. The number of unbranched alkanes of at least 4 members (excludes halogenated alkanes) is 4. The number of anilines is 2. The molecule has 1 aliphatic rings. The molecule has 1 heterocycles. The Balaban J connectivity index is 2.20. The van der Waals surface area contributed by atoms with Gasteiger partial charge in [-0.1, -0.05) is 46.5 Å². The van der Waals surface area contributed by atoms with Gasteiger partial charge in [0.15, 0.2) is 0 Å². The lowest BCUT2D eigenvalue weighted by molar-refractivity contribution is -0.120. The van der Waals surface area contributed by atoms with E-state index in [1.165, 1.54) is 36.8 Å². The molecule has 1 unspecified atom stereocenters. The SMILES string of the molecule is CCCCCCCN1C(=O)C(C(C)C)Nc2cc(C)c(C)cc21. The van der Waals surface area contributed by atoms with Crippen LogP contribution in [0.5, 0.6) is 0 Å². The van der Waals surface area contributed by atoms with E-state index in [4.69, 9.17) is 0 Å². The van der Waals surface area contributed by atoms with Crippen molar-refractivity contribution >= 4 is 17.3 Å². The molecule has 1 aromatic carbocycles. The van der Waals surface area contributed by atoms with E-state index >= 15 is 0 Å². The first kappa shape index (κ1) is 17.8. The topological polar surface area (TPSA) is 32.3 Å². The van der Waals surface area contributed by atoms with Crippen molar-refractivity contribution in [2.75, 3.05) is 16.8 Å². The first-order valence-corrected chi connectivity index (χ1v) is 9.14. The molecule has 0 saturated heterocycles. The normalized spacial score (nSPS) is 17.4. The monoisotopic (exact) mass is 316 g/mol. The van der Waals surface area contributed by atoms with Gasteiger partial charge in [-0.15, -0.1) is 0 Å². The van der Waals surface area contributed by atoms with Gasteiger partial charge in [-0.2, -0.15) is 0 Å². The van der Waals surface area contributed by atoms with E-state index in [9.17, 15) is 4.79 Å². The third-order valence-electron chi connectivity index (χ3n) is 4.90. The lowest BCUT2D eigenvalue weighted by Crippen LogP contribution is -2.50. The highest BCUT2D eigenvalue weighted by molar-refractivity contribution is 6.05. The fourth-order valence-corrected chi connectivity index (χ4v) is 3.21. The van der Waals surface area contributed by atoms with Gasteiger partial charge in [0, 0.05) is 6.54 Å². The van der Waals surface area contributed by atoms with Crippen molar-refractivity contribution in [3.05, 3.63) is 23.3 Å². The molecule has 0 aliphatic carbocycles. The number of nitrogens with one attached hydrogen (secondary N) is 1. The molecule has 3 heteroatoms. The maximum atomic E-state index is 12.9. The molecule has 1 aliphatic heterocycles. The Morgan fingerprint density at radius 2 is 1.74 bits per heavy atom. The van der Waals surface area contributed by atoms with Gasteiger partial charge in [0.05, 0.1) is 11.4 Å². The number of amides is 1. The first-order chi connectivity index (χ1) is 11.0. The molecular formula is C20H32N2O. The summed E-state index contributed by atoms with van der Waals surface area (Å²) < 4.78 is 0. The third-order valence-corrected chi connectivity index (χ3v) is 4.90. The highest BCUT2D eigenvalue weighted by Crippen LogP contribution is 2.35. The third kappa shape index (κ3) is 4.07. The smallest absolute Gasteiger partial charge is 0.249 e. The maximum absolute atomic E-state index is 12.9. The zero-order valence-electron chi connectivity index (χ0n) is 15.4. The zero-order chi connectivity index (χ0) is 17.0. The molecule has 3 nitrogen and oxygen atoms in total. The minimum atomic E-state index is -0.111. The fourth-order valence-electron chi connectivity index (χ4n) is 3.21. The molecule has 0 bridgehead atoms. The molecule has 1 N–H and O–H groups in total. The summed E-state index contributed by atoms with van der Waals surface area (Å²) >= 11 is 0. The zero-order valence-corrected chi connectivity index (χ0v) is 15.4. The van der Waals surface area contributed by atoms with Gasteiger partial charge < -0.3 is 10.2 Å². The van der Waals surface area contributed by atoms with Crippen molar-refractivity contribution in [2.45, 2.75) is 72.8 Å². The standard InChI is InChI=1S/C20H32N2O/c1-6-7-8-9-10-11-22-18-13-16(5)15(4)12-17(18)21-19(14(2)3)20(22)23/h12-14,19,21H,6-11H2,1-5H3. The molecule has 2 rings (SSSR count). The summed E-state index contributed by atoms with van der Waals surface area (Å²) in [4.78, 5) is 14.9. The van der Waals surface area contributed by atoms with Gasteiger partial charge in [0.1, 0.15) is 6.04 Å². The highest BCUT2D eigenvalue weighted by atomic mass is 16.2. The summed E-state index contributed by atoms with van der Waals surface area (Å²) in [6, 6.07) is 4.24. The Hall–Kier alpha value is -1.51. The van der Waals surface area contributed by atoms with Crippen LogP contribution >= 0.6 is 0 Å². The van der Waals surface area contributed by atoms with Crippen LogP contribution in [0.4, 0.5) is 11.4 Å². The second kappa shape index (κ2) is 7.85. The van der Waals surface area contributed by atoms with Crippen LogP contribution in [0.3, 0.4) is 0 Å². The van der Waals surface area contributed by atoms with Gasteiger partial charge in [-0.25, -0.2) is 0 Å². The number of carbonyl (C=O) groups excluding carboxylic acids is 1. The number of aryl methyl sites for hydroxylation is 2. The number of rotatable bonds is 7. The Bertz CT molecular complexity index is 551. The molecule has 1 atom stereocenters. The summed E-state index contributed by atoms with van der Waals surface area (Å²) in [5.74, 6) is 0.520. The van der Waals surface area contributed by atoms with E-state index in [0.29, 0.717) is 5.92 Å². The lowest BCUT2D eigenvalue weighted by Gasteiger charge is -2.37. The summed E-state index contributed by atoms with van der Waals surface area (Å²) in [7, 11) is 0. The molecule has 23 heavy (non-hydrogen) atoms. The van der Waals surface area contributed by atoms with Crippen LogP contribution in [-0.2, 0) is 4.79 Å². The minimum Gasteiger partial charge on any atom is -0.372 e. The van der Waals surface area contributed by atoms with Gasteiger partial charge >= 0.3 is 0 Å². The molecule has 0 radical (unpaired) electrons. The van der Waals surface area contributed by atoms with E-state index in [2.05, 4.69) is 52.1 Å². The Labute approximate surface area is 141 Å². The quantitative estimate of drug-likeness (QED) is 0.713. The Kier molecular flexibility index (Phi) is 6.09. The predicted octanol–water partition coefficient (Wildman–Crippen LogP) is 5.06. The van der Waals surface area contributed by atoms with Crippen molar-refractivity contribution in [3.63, 3.8) is 0 Å². The molecular weight excluding hydrogens is 284 g/mol. The lowest BCUT2D eigenvalue weighted by atomic mass is 9.96. The van der Waals surface area contributed by atoms with Crippen LogP contribution in [0, 0.1) is 19.8 Å². The van der Waals surface area contributed by atoms with Crippen LogP contribution in [0.1, 0.15) is 64.0 Å². The second-order valence-corrected chi connectivity index (χ2v) is 7.22. The Morgan fingerprint density at radius 3 is 2.39 bits per heavy atom. The number of hydrogen-bond acceptors (Lipinski definition) is 2. The number of hydrogen-bond donors (Lipinski definition) is 1. The molecule has 0 spiro atoms. The summed E-state index contributed by atoms with van der Waals surface area (Å²) in [6.07, 6.45) is 6.10. The van der Waals surface area contributed by atoms with E-state index in [-0.39, 0.29) is 11.9 Å². The number of nitrogens with zero attached hydrogens (tertiary/aromatic N) is 1. The summed E-state index contributed by atoms with van der Waals surface area (Å²) in [6.45, 7) is 11.5. The van der Waals surface area contributed by atoms with Crippen LogP contribution in [-0.4, -0.2) is 18.5 Å². The van der Waals surface area contributed by atoms with Crippen LogP contribution in [0.25, 0.3) is 0 Å². The van der Waals surface area contributed by atoms with Crippen molar-refractivity contribution in [2.24, 2.45) is 5.92 Å². The van der Waals surface area contributed by atoms with Gasteiger partial charge in [0.2, 0.25) is 5.91 Å². The second-order valence-electron chi connectivity index (χ2n) is 7.22. The number of benzene rings is 1. The number of carbonyl (C=O) groups is 1. The first-order valence-electron chi connectivity index (χ1n) is 9.14. The molecule has 0 fully saturated rings. The maximum Gasteiger partial charge on any atom is 0.249 e. The van der Waals surface area contributed by atoms with Crippen molar-refractivity contribution < 1.29 is 4.79 Å². The Morgan fingerprint density at radius 1 is 1.09 bits per heavy atom. The highest BCUT2D eigenvalue weighted by Gasteiger charge is 2.34. The fraction of sp³-hybridized carbons (Fsp3) is 0.650. The van der Waals surface area contributed by atoms with Gasteiger partial charge in [0.25, 0.3) is 0 Å². The van der Waals surface area contributed by atoms with Gasteiger partial charge in [-0.05, 0) is 49.4 Å². The molecule has 128 valence electrons. The predicted molar refractivity (Wildman–Crippen MR) is 99.3 cm³/mol. The van der Waals surface area contributed by atoms with Crippen molar-refractivity contribution in [1.29, 1.82) is 0 Å². The average Bonchev–Trinajstić information content (AvgIpc) is 2.50. The largest absolute Gasteiger partial charge is 0.372 e. The van der Waals surface area contributed by atoms with E-state index in [1.807, 2.05) is 4.90 Å².